The molecule has 0 aliphatic heterocycles. The van der Waals surface area contributed by atoms with Crippen molar-refractivity contribution in [3.63, 3.8) is 0 Å². The van der Waals surface area contributed by atoms with Gasteiger partial charge in [-0.3, -0.25) is 50.5 Å². The lowest BCUT2D eigenvalue weighted by Gasteiger charge is -2.20. The number of nitrogens with one attached hydrogen (secondary N) is 6. The van der Waals surface area contributed by atoms with E-state index in [4.69, 9.17) is 0 Å². The Morgan fingerprint density at radius 3 is 1.21 bits per heavy atom. The fourth-order valence-electron chi connectivity index (χ4n) is 4.61. The van der Waals surface area contributed by atoms with Crippen molar-refractivity contribution in [2.24, 2.45) is 11.8 Å². The van der Waals surface area contributed by atoms with Crippen molar-refractivity contribution in [2.45, 2.75) is 64.2 Å². The molecule has 2 aliphatic carbocycles. The Bertz CT molecular complexity index is 935. The molecule has 0 spiro atoms. The molecule has 3 rings (SSSR count). The topological polar surface area (TPSA) is 175 Å². The summed E-state index contributed by atoms with van der Waals surface area (Å²) < 4.78 is 0. The highest BCUT2D eigenvalue weighted by molar-refractivity contribution is 5.99. The minimum absolute atomic E-state index is 0.0673. The Hall–Kier alpha value is -3.96. The maximum Gasteiger partial charge on any atom is 0.269 e. The van der Waals surface area contributed by atoms with Crippen LogP contribution in [0.2, 0.25) is 0 Å². The van der Waals surface area contributed by atoms with Crippen LogP contribution in [0.4, 0.5) is 0 Å². The van der Waals surface area contributed by atoms with Crippen LogP contribution in [0.5, 0.6) is 0 Å². The number of hydrogen-bond acceptors (Lipinski definition) is 6. The third kappa shape index (κ3) is 9.16. The van der Waals surface area contributed by atoms with E-state index < -0.39 is 23.6 Å². The molecular weight excluding hydrogens is 492 g/mol. The molecule has 0 saturated heterocycles. The van der Waals surface area contributed by atoms with Gasteiger partial charge in [0.25, 0.3) is 23.6 Å². The summed E-state index contributed by atoms with van der Waals surface area (Å²) in [5.41, 5.74) is 9.36. The normalized spacial score (nSPS) is 16.0. The highest BCUT2D eigenvalue weighted by Crippen LogP contribution is 2.24. The molecule has 0 atom stereocenters. The maximum atomic E-state index is 12.3. The van der Waals surface area contributed by atoms with Gasteiger partial charge in [-0.05, 0) is 49.9 Å². The van der Waals surface area contributed by atoms with E-state index in [0.29, 0.717) is 0 Å². The van der Waals surface area contributed by atoms with Crippen LogP contribution in [0.3, 0.4) is 0 Å². The Morgan fingerprint density at radius 1 is 0.526 bits per heavy atom. The number of carbonyl (C=O) groups excluding carboxylic acids is 6. The quantitative estimate of drug-likeness (QED) is 0.269. The molecule has 2 aliphatic rings. The van der Waals surface area contributed by atoms with E-state index in [1.165, 1.54) is 24.3 Å². The van der Waals surface area contributed by atoms with E-state index in [9.17, 15) is 28.8 Å². The fourth-order valence-corrected chi connectivity index (χ4v) is 4.61. The van der Waals surface area contributed by atoms with Gasteiger partial charge in [0, 0.05) is 23.0 Å². The predicted octanol–water partition coefficient (Wildman–Crippen LogP) is 0.602. The van der Waals surface area contributed by atoms with Gasteiger partial charge in [0.15, 0.2) is 0 Å². The molecular formula is C26H36N6O6. The largest absolute Gasteiger partial charge is 0.347 e. The summed E-state index contributed by atoms with van der Waals surface area (Å²) in [6.45, 7) is -0.491. The van der Waals surface area contributed by atoms with Gasteiger partial charge in [0.05, 0.1) is 13.1 Å². The molecule has 6 N–H and O–H groups in total. The van der Waals surface area contributed by atoms with Crippen LogP contribution >= 0.6 is 0 Å². The first-order chi connectivity index (χ1) is 18.3. The smallest absolute Gasteiger partial charge is 0.269 e. The average Bonchev–Trinajstić information content (AvgIpc) is 2.97. The van der Waals surface area contributed by atoms with Gasteiger partial charge in [-0.15, -0.1) is 0 Å². The van der Waals surface area contributed by atoms with Crippen LogP contribution in [0, 0.1) is 11.8 Å². The molecule has 0 aromatic heterocycles. The Labute approximate surface area is 221 Å². The predicted molar refractivity (Wildman–Crippen MR) is 137 cm³/mol. The molecule has 1 aromatic carbocycles. The first kappa shape index (κ1) is 28.6. The number of rotatable bonds is 8. The Morgan fingerprint density at radius 2 is 0.868 bits per heavy atom. The van der Waals surface area contributed by atoms with Gasteiger partial charge in [0.2, 0.25) is 11.8 Å². The molecule has 0 radical (unpaired) electrons. The van der Waals surface area contributed by atoms with Gasteiger partial charge in [-0.1, -0.05) is 38.5 Å². The number of carbonyl (C=O) groups is 6. The molecule has 38 heavy (non-hydrogen) atoms. The van der Waals surface area contributed by atoms with Crippen LogP contribution in [-0.4, -0.2) is 48.5 Å². The second-order valence-corrected chi connectivity index (χ2v) is 9.69. The zero-order valence-electron chi connectivity index (χ0n) is 21.4. The lowest BCUT2D eigenvalue weighted by Crippen LogP contribution is -2.47. The van der Waals surface area contributed by atoms with Crippen molar-refractivity contribution in [1.29, 1.82) is 0 Å². The van der Waals surface area contributed by atoms with Gasteiger partial charge in [-0.2, -0.15) is 0 Å². The first-order valence-corrected chi connectivity index (χ1v) is 13.2. The Kier molecular flexibility index (Phi) is 11.1. The SMILES string of the molecule is O=C(CNC(=O)C1CCCCC1)NNC(=O)c1ccc(C(=O)NNC(=O)CNC(=O)C2CCCCC2)cc1. The molecule has 12 heteroatoms. The third-order valence-corrected chi connectivity index (χ3v) is 6.84. The Balaban J connectivity index is 1.33. The van der Waals surface area contributed by atoms with Crippen molar-refractivity contribution < 1.29 is 28.8 Å². The second kappa shape index (κ2) is 14.7. The summed E-state index contributed by atoms with van der Waals surface area (Å²) in [6.07, 6.45) is 9.58. The average molecular weight is 529 g/mol. The number of benzene rings is 1. The molecule has 12 nitrogen and oxygen atoms in total. The third-order valence-electron chi connectivity index (χ3n) is 6.84. The minimum atomic E-state index is -0.606. The van der Waals surface area contributed by atoms with E-state index in [1.807, 2.05) is 0 Å². The standard InChI is InChI=1S/C26H36N6O6/c33-21(15-27-23(35)17-7-3-1-4-8-17)29-31-25(37)19-11-13-20(14-12-19)26(38)32-30-22(34)16-28-24(36)18-9-5-2-6-10-18/h11-14,17-18H,1-10,15-16H2,(H,27,35)(H,28,36)(H,29,33)(H,30,34)(H,31,37)(H,32,38). The van der Waals surface area contributed by atoms with Gasteiger partial charge >= 0.3 is 0 Å². The molecule has 0 heterocycles. The van der Waals surface area contributed by atoms with E-state index >= 15 is 0 Å². The van der Waals surface area contributed by atoms with Crippen molar-refractivity contribution in [1.82, 2.24) is 32.3 Å². The highest BCUT2D eigenvalue weighted by atomic mass is 16.2. The van der Waals surface area contributed by atoms with Crippen molar-refractivity contribution in [3.8, 4) is 0 Å². The van der Waals surface area contributed by atoms with E-state index in [-0.39, 0.29) is 47.9 Å². The zero-order chi connectivity index (χ0) is 27.3. The molecule has 6 amide bonds. The molecule has 0 bridgehead atoms. The molecule has 1 aromatic rings. The molecule has 2 fully saturated rings. The monoisotopic (exact) mass is 528 g/mol. The van der Waals surface area contributed by atoms with Crippen LogP contribution in [-0.2, 0) is 19.2 Å². The minimum Gasteiger partial charge on any atom is -0.347 e. The summed E-state index contributed by atoms with van der Waals surface area (Å²) in [5, 5.41) is 5.17. The maximum absolute atomic E-state index is 12.3. The van der Waals surface area contributed by atoms with Gasteiger partial charge in [-0.25, -0.2) is 0 Å². The number of hydrazine groups is 2. The van der Waals surface area contributed by atoms with E-state index in [1.54, 1.807) is 0 Å². The number of hydrogen-bond donors (Lipinski definition) is 6. The van der Waals surface area contributed by atoms with Crippen molar-refractivity contribution in [2.75, 3.05) is 13.1 Å². The lowest BCUT2D eigenvalue weighted by molar-refractivity contribution is -0.129. The second-order valence-electron chi connectivity index (χ2n) is 9.69. The van der Waals surface area contributed by atoms with Crippen LogP contribution in [0.1, 0.15) is 84.9 Å². The lowest BCUT2D eigenvalue weighted by atomic mass is 9.89. The van der Waals surface area contributed by atoms with Crippen LogP contribution < -0.4 is 32.3 Å². The summed E-state index contributed by atoms with van der Waals surface area (Å²) >= 11 is 0. The summed E-state index contributed by atoms with van der Waals surface area (Å²) in [6, 6.07) is 5.53. The van der Waals surface area contributed by atoms with Crippen LogP contribution in [0.15, 0.2) is 24.3 Å². The molecule has 2 saturated carbocycles. The van der Waals surface area contributed by atoms with E-state index in [0.717, 1.165) is 64.2 Å². The number of amides is 6. The van der Waals surface area contributed by atoms with Crippen molar-refractivity contribution >= 4 is 35.4 Å². The summed E-state index contributed by atoms with van der Waals surface area (Å²) in [7, 11) is 0. The van der Waals surface area contributed by atoms with Crippen molar-refractivity contribution in [3.05, 3.63) is 35.4 Å². The summed E-state index contributed by atoms with van der Waals surface area (Å²) in [4.78, 5) is 72.6. The molecule has 206 valence electrons. The van der Waals surface area contributed by atoms with Gasteiger partial charge in [0.1, 0.15) is 0 Å². The highest BCUT2D eigenvalue weighted by Gasteiger charge is 2.22. The van der Waals surface area contributed by atoms with Crippen LogP contribution in [0.25, 0.3) is 0 Å². The fraction of sp³-hybridized carbons (Fsp3) is 0.538. The molecule has 0 unspecified atom stereocenters. The van der Waals surface area contributed by atoms with E-state index in [2.05, 4.69) is 32.3 Å². The van der Waals surface area contributed by atoms with Gasteiger partial charge < -0.3 is 10.6 Å². The first-order valence-electron chi connectivity index (χ1n) is 13.2. The summed E-state index contributed by atoms with van der Waals surface area (Å²) in [5.74, 6) is -2.78. The zero-order valence-corrected chi connectivity index (χ0v) is 21.4.